The Balaban J connectivity index is 1.82. The van der Waals surface area contributed by atoms with E-state index in [1.54, 1.807) is 37.2 Å². The van der Waals surface area contributed by atoms with Crippen molar-refractivity contribution in [1.29, 1.82) is 0 Å². The summed E-state index contributed by atoms with van der Waals surface area (Å²) < 4.78 is 0. The van der Waals surface area contributed by atoms with E-state index in [2.05, 4.69) is 19.9 Å². The molecule has 126 valence electrons. The number of fused-ring (bicyclic) bond motifs is 3. The second-order valence-corrected chi connectivity index (χ2v) is 6.47. The van der Waals surface area contributed by atoms with Crippen molar-refractivity contribution in [2.24, 2.45) is 4.99 Å². The fraction of sp³-hybridized carbons (Fsp3) is 0.143. The SMILES string of the molecule is OC1(C2=C(c3ccncc3)CC=NC2)c2cnccc2-c2ccncc21. The average Bonchev–Trinajstić information content (AvgIpc) is 2.99. The lowest BCUT2D eigenvalue weighted by Gasteiger charge is -2.31. The van der Waals surface area contributed by atoms with Gasteiger partial charge in [-0.05, 0) is 52.1 Å². The molecule has 0 atom stereocenters. The zero-order valence-electron chi connectivity index (χ0n) is 14.0. The molecule has 3 aromatic heterocycles. The van der Waals surface area contributed by atoms with Crippen LogP contribution in [0.3, 0.4) is 0 Å². The van der Waals surface area contributed by atoms with Gasteiger partial charge in [0.25, 0.3) is 0 Å². The van der Waals surface area contributed by atoms with Crippen LogP contribution in [0.25, 0.3) is 16.7 Å². The third-order valence-electron chi connectivity index (χ3n) is 5.22. The van der Waals surface area contributed by atoms with Crippen molar-refractivity contribution < 1.29 is 5.11 Å². The predicted octanol–water partition coefficient (Wildman–Crippen LogP) is 3.02. The molecule has 0 saturated heterocycles. The third-order valence-corrected chi connectivity index (χ3v) is 5.22. The zero-order valence-corrected chi connectivity index (χ0v) is 14.0. The molecule has 0 amide bonds. The smallest absolute Gasteiger partial charge is 0.143 e. The normalized spacial score (nSPS) is 17.1. The Morgan fingerprint density at radius 3 is 2.08 bits per heavy atom. The summed E-state index contributed by atoms with van der Waals surface area (Å²) in [6, 6.07) is 7.85. The van der Waals surface area contributed by atoms with Crippen molar-refractivity contribution in [3.8, 4) is 11.1 Å². The number of hydrogen-bond donors (Lipinski definition) is 1. The lowest BCUT2D eigenvalue weighted by molar-refractivity contribution is 0.124. The monoisotopic (exact) mass is 340 g/mol. The molecule has 0 saturated carbocycles. The second-order valence-electron chi connectivity index (χ2n) is 6.47. The van der Waals surface area contributed by atoms with Crippen molar-refractivity contribution in [1.82, 2.24) is 15.0 Å². The molecule has 5 nitrogen and oxygen atoms in total. The van der Waals surface area contributed by atoms with E-state index >= 15 is 0 Å². The topological polar surface area (TPSA) is 71.3 Å². The van der Waals surface area contributed by atoms with Crippen LogP contribution in [0.5, 0.6) is 0 Å². The van der Waals surface area contributed by atoms with Gasteiger partial charge in [-0.1, -0.05) is 0 Å². The number of rotatable bonds is 2. The van der Waals surface area contributed by atoms with Gasteiger partial charge >= 0.3 is 0 Å². The first kappa shape index (κ1) is 15.1. The Morgan fingerprint density at radius 1 is 0.808 bits per heavy atom. The van der Waals surface area contributed by atoms with Crippen LogP contribution in [0, 0.1) is 0 Å². The zero-order chi connectivity index (χ0) is 17.6. The first-order valence-corrected chi connectivity index (χ1v) is 8.53. The van der Waals surface area contributed by atoms with E-state index in [-0.39, 0.29) is 0 Å². The molecule has 0 radical (unpaired) electrons. The maximum Gasteiger partial charge on any atom is 0.143 e. The molecule has 26 heavy (non-hydrogen) atoms. The summed E-state index contributed by atoms with van der Waals surface area (Å²) in [5.74, 6) is 0. The Labute approximate surface area is 150 Å². The number of aliphatic imine (C=N–C) groups is 1. The summed E-state index contributed by atoms with van der Waals surface area (Å²) in [4.78, 5) is 17.1. The highest BCUT2D eigenvalue weighted by atomic mass is 16.3. The molecule has 1 aliphatic heterocycles. The number of aromatic nitrogens is 3. The Bertz CT molecular complexity index is 1010. The quantitative estimate of drug-likeness (QED) is 0.778. The molecular weight excluding hydrogens is 324 g/mol. The van der Waals surface area contributed by atoms with Crippen molar-refractivity contribution in [2.75, 3.05) is 6.54 Å². The van der Waals surface area contributed by atoms with Crippen LogP contribution >= 0.6 is 0 Å². The van der Waals surface area contributed by atoms with E-state index < -0.39 is 5.60 Å². The van der Waals surface area contributed by atoms with E-state index in [0.717, 1.165) is 39.0 Å². The van der Waals surface area contributed by atoms with Crippen LogP contribution in [0.2, 0.25) is 0 Å². The standard InChI is InChI=1S/C21H16N4O/c26-21(18-11-23-8-3-15(18)14-1-6-22-7-2-14)19-12-24-9-4-16(19)17-5-10-25-13-20(17)21/h1-2,4-10,12-13,26H,3,11H2. The molecule has 5 rings (SSSR count). The average molecular weight is 340 g/mol. The van der Waals surface area contributed by atoms with Crippen molar-refractivity contribution in [3.63, 3.8) is 0 Å². The summed E-state index contributed by atoms with van der Waals surface area (Å²) in [6.07, 6.45) is 13.1. The molecule has 0 aromatic carbocycles. The first-order valence-electron chi connectivity index (χ1n) is 8.53. The van der Waals surface area contributed by atoms with E-state index in [1.165, 1.54) is 0 Å². The second kappa shape index (κ2) is 5.68. The Morgan fingerprint density at radius 2 is 1.42 bits per heavy atom. The van der Waals surface area contributed by atoms with E-state index in [4.69, 9.17) is 0 Å². The van der Waals surface area contributed by atoms with Crippen molar-refractivity contribution >= 4 is 11.8 Å². The number of aliphatic hydroxyl groups is 1. The van der Waals surface area contributed by atoms with Gasteiger partial charge in [-0.3, -0.25) is 19.9 Å². The fourth-order valence-electron chi connectivity index (χ4n) is 4.01. The minimum Gasteiger partial charge on any atom is -0.376 e. The summed E-state index contributed by atoms with van der Waals surface area (Å²) in [5, 5.41) is 12.0. The summed E-state index contributed by atoms with van der Waals surface area (Å²) in [5.41, 5.74) is 5.32. The van der Waals surface area contributed by atoms with Crippen LogP contribution in [-0.2, 0) is 5.60 Å². The lowest BCUT2D eigenvalue weighted by atomic mass is 9.79. The predicted molar refractivity (Wildman–Crippen MR) is 99.6 cm³/mol. The van der Waals surface area contributed by atoms with Crippen molar-refractivity contribution in [2.45, 2.75) is 12.0 Å². The molecule has 0 spiro atoms. The van der Waals surface area contributed by atoms with E-state index in [0.29, 0.717) is 13.0 Å². The highest BCUT2D eigenvalue weighted by Gasteiger charge is 2.46. The number of pyridine rings is 3. The Kier molecular flexibility index (Phi) is 3.30. The molecule has 2 aliphatic rings. The lowest BCUT2D eigenvalue weighted by Crippen LogP contribution is -2.31. The van der Waals surface area contributed by atoms with Crippen LogP contribution in [0.4, 0.5) is 0 Å². The van der Waals surface area contributed by atoms with Gasteiger partial charge in [0.05, 0.1) is 6.54 Å². The number of dihydropyridines is 1. The van der Waals surface area contributed by atoms with Gasteiger partial charge in [0, 0.05) is 60.9 Å². The molecule has 1 N–H and O–H groups in total. The van der Waals surface area contributed by atoms with Gasteiger partial charge < -0.3 is 5.11 Å². The molecule has 0 fully saturated rings. The van der Waals surface area contributed by atoms with E-state index in [9.17, 15) is 5.11 Å². The van der Waals surface area contributed by atoms with Crippen LogP contribution < -0.4 is 0 Å². The summed E-state index contributed by atoms with van der Waals surface area (Å²) in [7, 11) is 0. The van der Waals surface area contributed by atoms with Gasteiger partial charge in [-0.15, -0.1) is 0 Å². The number of allylic oxidation sites excluding steroid dienone is 1. The van der Waals surface area contributed by atoms with E-state index in [1.807, 2.05) is 30.5 Å². The third kappa shape index (κ3) is 2.01. The highest BCUT2D eigenvalue weighted by Crippen LogP contribution is 2.52. The fourth-order valence-corrected chi connectivity index (χ4v) is 4.01. The number of hydrogen-bond acceptors (Lipinski definition) is 5. The van der Waals surface area contributed by atoms with Crippen molar-refractivity contribution in [3.05, 3.63) is 83.7 Å². The van der Waals surface area contributed by atoms with Gasteiger partial charge in [-0.2, -0.15) is 0 Å². The summed E-state index contributed by atoms with van der Waals surface area (Å²) in [6.45, 7) is 0.441. The minimum atomic E-state index is -1.27. The highest BCUT2D eigenvalue weighted by molar-refractivity contribution is 5.89. The Hall–Kier alpha value is -3.18. The van der Waals surface area contributed by atoms with Crippen LogP contribution in [0.15, 0.2) is 72.0 Å². The molecular formula is C21H16N4O. The largest absolute Gasteiger partial charge is 0.376 e. The van der Waals surface area contributed by atoms with Crippen LogP contribution in [0.1, 0.15) is 23.1 Å². The maximum absolute atomic E-state index is 12.0. The molecule has 4 heterocycles. The van der Waals surface area contributed by atoms with Gasteiger partial charge in [0.15, 0.2) is 0 Å². The molecule has 0 bridgehead atoms. The number of nitrogens with zero attached hydrogens (tertiary/aromatic N) is 4. The molecule has 1 aliphatic carbocycles. The first-order chi connectivity index (χ1) is 12.8. The molecule has 3 aromatic rings. The van der Waals surface area contributed by atoms with Gasteiger partial charge in [0.1, 0.15) is 5.60 Å². The summed E-state index contributed by atoms with van der Waals surface area (Å²) >= 11 is 0. The maximum atomic E-state index is 12.0. The van der Waals surface area contributed by atoms with Gasteiger partial charge in [-0.25, -0.2) is 0 Å². The minimum absolute atomic E-state index is 0.441. The molecule has 0 unspecified atom stereocenters. The molecule has 5 heteroatoms. The van der Waals surface area contributed by atoms with Gasteiger partial charge in [0.2, 0.25) is 0 Å². The van der Waals surface area contributed by atoms with Crippen LogP contribution in [-0.4, -0.2) is 32.8 Å².